The van der Waals surface area contributed by atoms with E-state index < -0.39 is 0 Å². The fourth-order valence-electron chi connectivity index (χ4n) is 2.69. The SMILES string of the molecule is COc1c(C)cc(C(=O)C2CN(C)CCN2)cc1C. The average Bonchev–Trinajstić information content (AvgIpc) is 2.37. The molecule has 1 atom stereocenters. The van der Waals surface area contributed by atoms with Gasteiger partial charge in [-0.2, -0.15) is 0 Å². The van der Waals surface area contributed by atoms with Gasteiger partial charge >= 0.3 is 0 Å². The summed E-state index contributed by atoms with van der Waals surface area (Å²) in [4.78, 5) is 14.7. The molecule has 1 N–H and O–H groups in total. The molecule has 1 unspecified atom stereocenters. The van der Waals surface area contributed by atoms with Crippen molar-refractivity contribution in [2.75, 3.05) is 33.8 Å². The number of likely N-dealkylation sites (N-methyl/N-ethyl adjacent to an activating group) is 1. The highest BCUT2D eigenvalue weighted by Crippen LogP contribution is 2.25. The van der Waals surface area contributed by atoms with Crippen LogP contribution >= 0.6 is 0 Å². The van der Waals surface area contributed by atoms with Crippen LogP contribution in [0.25, 0.3) is 0 Å². The van der Waals surface area contributed by atoms with Gasteiger partial charge in [0.05, 0.1) is 13.2 Å². The standard InChI is InChI=1S/C15H22N2O2/c1-10-7-12(8-11(2)15(10)19-4)14(18)13-9-17(3)6-5-16-13/h7-8,13,16H,5-6,9H2,1-4H3. The molecular weight excluding hydrogens is 240 g/mol. The summed E-state index contributed by atoms with van der Waals surface area (Å²) in [6.45, 7) is 6.57. The Morgan fingerprint density at radius 1 is 1.37 bits per heavy atom. The number of nitrogens with zero attached hydrogens (tertiary/aromatic N) is 1. The second-order valence-corrected chi connectivity index (χ2v) is 5.28. The highest BCUT2D eigenvalue weighted by Gasteiger charge is 2.25. The van der Waals surface area contributed by atoms with Gasteiger partial charge in [-0.15, -0.1) is 0 Å². The number of benzene rings is 1. The maximum atomic E-state index is 12.5. The average molecular weight is 262 g/mol. The zero-order valence-electron chi connectivity index (χ0n) is 12.1. The molecule has 4 nitrogen and oxygen atoms in total. The maximum absolute atomic E-state index is 12.5. The number of carbonyl (C=O) groups excluding carboxylic acids is 1. The van der Waals surface area contributed by atoms with Crippen molar-refractivity contribution in [1.29, 1.82) is 0 Å². The Hall–Kier alpha value is -1.39. The first-order valence-corrected chi connectivity index (χ1v) is 6.64. The monoisotopic (exact) mass is 262 g/mol. The number of aryl methyl sites for hydroxylation is 2. The van der Waals surface area contributed by atoms with E-state index in [9.17, 15) is 4.79 Å². The molecule has 1 heterocycles. The van der Waals surface area contributed by atoms with Gasteiger partial charge in [0.1, 0.15) is 5.75 Å². The van der Waals surface area contributed by atoms with Gasteiger partial charge in [0.15, 0.2) is 5.78 Å². The summed E-state index contributed by atoms with van der Waals surface area (Å²) in [7, 11) is 3.71. The van der Waals surface area contributed by atoms with Gasteiger partial charge in [-0.25, -0.2) is 0 Å². The predicted molar refractivity (Wildman–Crippen MR) is 76.1 cm³/mol. The Kier molecular flexibility index (Phi) is 4.22. The molecule has 1 aromatic rings. The molecule has 1 fully saturated rings. The lowest BCUT2D eigenvalue weighted by molar-refractivity contribution is 0.0894. The van der Waals surface area contributed by atoms with Crippen molar-refractivity contribution in [3.63, 3.8) is 0 Å². The molecule has 1 aliphatic rings. The Morgan fingerprint density at radius 3 is 2.53 bits per heavy atom. The van der Waals surface area contributed by atoms with E-state index in [2.05, 4.69) is 10.2 Å². The highest BCUT2D eigenvalue weighted by atomic mass is 16.5. The lowest BCUT2D eigenvalue weighted by atomic mass is 9.98. The Labute approximate surface area is 114 Å². The van der Waals surface area contributed by atoms with Crippen LogP contribution in [0.4, 0.5) is 0 Å². The molecule has 4 heteroatoms. The van der Waals surface area contributed by atoms with Crippen LogP contribution in [0, 0.1) is 13.8 Å². The summed E-state index contributed by atoms with van der Waals surface area (Å²) in [5.41, 5.74) is 2.79. The van der Waals surface area contributed by atoms with Crippen molar-refractivity contribution in [3.8, 4) is 5.75 Å². The normalized spacial score (nSPS) is 20.3. The summed E-state index contributed by atoms with van der Waals surface area (Å²) >= 11 is 0. The van der Waals surface area contributed by atoms with Crippen LogP contribution in [0.5, 0.6) is 5.75 Å². The number of Topliss-reactive ketones (excluding diaryl/α,β-unsaturated/α-hetero) is 1. The van der Waals surface area contributed by atoms with E-state index in [1.807, 2.05) is 33.0 Å². The number of nitrogens with one attached hydrogen (secondary N) is 1. The molecule has 0 radical (unpaired) electrons. The van der Waals surface area contributed by atoms with E-state index in [1.165, 1.54) is 0 Å². The zero-order chi connectivity index (χ0) is 14.0. The lowest BCUT2D eigenvalue weighted by Gasteiger charge is -2.30. The number of piperazine rings is 1. The quantitative estimate of drug-likeness (QED) is 0.836. The molecule has 0 aromatic heterocycles. The third-order valence-electron chi connectivity index (χ3n) is 3.64. The lowest BCUT2D eigenvalue weighted by Crippen LogP contribution is -2.52. The minimum absolute atomic E-state index is 0.106. The van der Waals surface area contributed by atoms with Crippen molar-refractivity contribution in [2.24, 2.45) is 0 Å². The number of methoxy groups -OCH3 is 1. The van der Waals surface area contributed by atoms with Crippen LogP contribution in [0.3, 0.4) is 0 Å². The van der Waals surface area contributed by atoms with Crippen LogP contribution < -0.4 is 10.1 Å². The van der Waals surface area contributed by atoms with E-state index in [0.29, 0.717) is 0 Å². The number of hydrogen-bond acceptors (Lipinski definition) is 4. The van der Waals surface area contributed by atoms with Gasteiger partial charge in [0, 0.05) is 25.2 Å². The van der Waals surface area contributed by atoms with E-state index in [-0.39, 0.29) is 11.8 Å². The topological polar surface area (TPSA) is 41.6 Å². The summed E-state index contributed by atoms with van der Waals surface area (Å²) in [5.74, 6) is 1.03. The van der Waals surface area contributed by atoms with Crippen molar-refractivity contribution < 1.29 is 9.53 Å². The van der Waals surface area contributed by atoms with Gasteiger partial charge < -0.3 is 15.0 Å². The molecule has 19 heavy (non-hydrogen) atoms. The number of hydrogen-bond donors (Lipinski definition) is 1. The Bertz CT molecular complexity index is 462. The maximum Gasteiger partial charge on any atom is 0.181 e. The molecule has 0 saturated carbocycles. The minimum Gasteiger partial charge on any atom is -0.496 e. The second kappa shape index (κ2) is 5.72. The van der Waals surface area contributed by atoms with Crippen molar-refractivity contribution >= 4 is 5.78 Å². The third kappa shape index (κ3) is 2.96. The third-order valence-corrected chi connectivity index (χ3v) is 3.64. The van der Waals surface area contributed by atoms with E-state index >= 15 is 0 Å². The van der Waals surface area contributed by atoms with Crippen molar-refractivity contribution in [2.45, 2.75) is 19.9 Å². The smallest absolute Gasteiger partial charge is 0.181 e. The number of ketones is 1. The molecule has 0 spiro atoms. The van der Waals surface area contributed by atoms with Crippen LogP contribution in [0.1, 0.15) is 21.5 Å². The molecular formula is C15H22N2O2. The van der Waals surface area contributed by atoms with Gasteiger partial charge in [-0.3, -0.25) is 4.79 Å². The first-order valence-electron chi connectivity index (χ1n) is 6.64. The van der Waals surface area contributed by atoms with Gasteiger partial charge in [-0.05, 0) is 44.2 Å². The van der Waals surface area contributed by atoms with E-state index in [0.717, 1.165) is 42.1 Å². The first kappa shape index (κ1) is 14.0. The van der Waals surface area contributed by atoms with Gasteiger partial charge in [0.2, 0.25) is 0 Å². The fraction of sp³-hybridized carbons (Fsp3) is 0.533. The molecule has 1 aromatic carbocycles. The predicted octanol–water partition coefficient (Wildman–Crippen LogP) is 1.40. The molecule has 1 aliphatic heterocycles. The minimum atomic E-state index is -0.106. The van der Waals surface area contributed by atoms with Gasteiger partial charge in [-0.1, -0.05) is 0 Å². The van der Waals surface area contributed by atoms with E-state index in [4.69, 9.17) is 4.74 Å². The fourth-order valence-corrected chi connectivity index (χ4v) is 2.69. The molecule has 0 amide bonds. The zero-order valence-corrected chi connectivity index (χ0v) is 12.1. The summed E-state index contributed by atoms with van der Waals surface area (Å²) in [5, 5.41) is 3.29. The van der Waals surface area contributed by atoms with E-state index in [1.54, 1.807) is 7.11 Å². The van der Waals surface area contributed by atoms with Crippen molar-refractivity contribution in [3.05, 3.63) is 28.8 Å². The Morgan fingerprint density at radius 2 is 2.00 bits per heavy atom. The molecule has 0 aliphatic carbocycles. The van der Waals surface area contributed by atoms with Crippen molar-refractivity contribution in [1.82, 2.24) is 10.2 Å². The number of rotatable bonds is 3. The molecule has 0 bridgehead atoms. The second-order valence-electron chi connectivity index (χ2n) is 5.28. The Balaban J connectivity index is 2.24. The van der Waals surface area contributed by atoms with Gasteiger partial charge in [0.25, 0.3) is 0 Å². The molecule has 2 rings (SSSR count). The highest BCUT2D eigenvalue weighted by molar-refractivity contribution is 6.01. The van der Waals surface area contributed by atoms with Crippen LogP contribution in [0.15, 0.2) is 12.1 Å². The van der Waals surface area contributed by atoms with Crippen LogP contribution in [-0.4, -0.2) is 50.5 Å². The van der Waals surface area contributed by atoms with Crippen LogP contribution in [0.2, 0.25) is 0 Å². The summed E-state index contributed by atoms with van der Waals surface area (Å²) < 4.78 is 5.34. The number of ether oxygens (including phenoxy) is 1. The summed E-state index contributed by atoms with van der Waals surface area (Å²) in [6.07, 6.45) is 0. The number of carbonyl (C=O) groups is 1. The first-order chi connectivity index (χ1) is 9.02. The largest absolute Gasteiger partial charge is 0.496 e. The molecule has 1 saturated heterocycles. The van der Waals surface area contributed by atoms with Crippen LogP contribution in [-0.2, 0) is 0 Å². The molecule has 104 valence electrons. The summed E-state index contributed by atoms with van der Waals surface area (Å²) in [6, 6.07) is 3.74.